The molecule has 1 amide bonds. The molecule has 0 heterocycles. The van der Waals surface area contributed by atoms with Gasteiger partial charge in [0, 0.05) is 19.0 Å². The van der Waals surface area contributed by atoms with Crippen molar-refractivity contribution >= 4 is 5.91 Å². The van der Waals surface area contributed by atoms with Crippen LogP contribution in [0.5, 0.6) is 0 Å². The van der Waals surface area contributed by atoms with Crippen LogP contribution in [0.3, 0.4) is 0 Å². The molecule has 3 nitrogen and oxygen atoms in total. The molecule has 0 aliphatic heterocycles. The van der Waals surface area contributed by atoms with Crippen molar-refractivity contribution < 1.29 is 18.0 Å². The second kappa shape index (κ2) is 7.12. The third-order valence-corrected chi connectivity index (χ3v) is 3.76. The number of alkyl halides is 3. The van der Waals surface area contributed by atoms with Crippen LogP contribution in [0, 0.1) is 5.92 Å². The van der Waals surface area contributed by atoms with Gasteiger partial charge in [0.2, 0.25) is 5.91 Å². The number of carbonyl (C=O) groups excluding carboxylic acids is 1. The number of halogens is 3. The number of amides is 1. The maximum absolute atomic E-state index is 12.3. The Hall–Kier alpha value is -0.780. The fraction of sp³-hybridized carbons (Fsp3) is 0.923. The standard InChI is InChI=1S/C13H23F3N2O/c1-2-18(9-13(14,15)16)12(19)8-5-10-3-6-11(17)7-4-10/h10-11H,2-9,17H2,1H3. The number of nitrogens with zero attached hydrogens (tertiary/aromatic N) is 1. The summed E-state index contributed by atoms with van der Waals surface area (Å²) in [5.74, 6) is 0.0445. The predicted molar refractivity (Wildman–Crippen MR) is 67.5 cm³/mol. The lowest BCUT2D eigenvalue weighted by atomic mass is 9.84. The first-order valence-electron chi connectivity index (χ1n) is 6.92. The van der Waals surface area contributed by atoms with E-state index < -0.39 is 18.6 Å². The average Bonchev–Trinajstić information content (AvgIpc) is 2.34. The van der Waals surface area contributed by atoms with Crippen LogP contribution < -0.4 is 5.73 Å². The van der Waals surface area contributed by atoms with E-state index in [1.165, 1.54) is 0 Å². The lowest BCUT2D eigenvalue weighted by Gasteiger charge is -2.27. The van der Waals surface area contributed by atoms with Crippen molar-refractivity contribution in [3.05, 3.63) is 0 Å². The van der Waals surface area contributed by atoms with Gasteiger partial charge in [-0.25, -0.2) is 0 Å². The summed E-state index contributed by atoms with van der Waals surface area (Å²) in [5.41, 5.74) is 5.79. The van der Waals surface area contributed by atoms with Crippen molar-refractivity contribution in [3.63, 3.8) is 0 Å². The molecule has 1 rings (SSSR count). The van der Waals surface area contributed by atoms with Crippen LogP contribution in [-0.4, -0.2) is 36.1 Å². The molecule has 0 saturated heterocycles. The highest BCUT2D eigenvalue weighted by atomic mass is 19.4. The molecule has 0 unspecified atom stereocenters. The van der Waals surface area contributed by atoms with Crippen LogP contribution in [0.2, 0.25) is 0 Å². The molecule has 6 heteroatoms. The molecule has 112 valence electrons. The Balaban J connectivity index is 2.32. The van der Waals surface area contributed by atoms with Crippen molar-refractivity contribution in [3.8, 4) is 0 Å². The van der Waals surface area contributed by atoms with E-state index in [9.17, 15) is 18.0 Å². The highest BCUT2D eigenvalue weighted by Gasteiger charge is 2.32. The van der Waals surface area contributed by atoms with Gasteiger partial charge in [0.15, 0.2) is 0 Å². The summed E-state index contributed by atoms with van der Waals surface area (Å²) in [6.45, 7) is 0.537. The van der Waals surface area contributed by atoms with Gasteiger partial charge in [0.25, 0.3) is 0 Å². The van der Waals surface area contributed by atoms with Crippen molar-refractivity contribution in [1.82, 2.24) is 4.90 Å². The number of hydrogen-bond acceptors (Lipinski definition) is 2. The molecule has 0 bridgehead atoms. The fourth-order valence-corrected chi connectivity index (χ4v) is 2.56. The molecule has 1 aliphatic rings. The van der Waals surface area contributed by atoms with Gasteiger partial charge in [-0.2, -0.15) is 13.2 Å². The minimum atomic E-state index is -4.32. The monoisotopic (exact) mass is 280 g/mol. The summed E-state index contributed by atoms with van der Waals surface area (Å²) in [7, 11) is 0. The second-order valence-electron chi connectivity index (χ2n) is 5.34. The van der Waals surface area contributed by atoms with Crippen LogP contribution in [0.1, 0.15) is 45.4 Å². The Kier molecular flexibility index (Phi) is 6.10. The molecule has 1 saturated carbocycles. The van der Waals surface area contributed by atoms with E-state index >= 15 is 0 Å². The Morgan fingerprint density at radius 2 is 1.84 bits per heavy atom. The Morgan fingerprint density at radius 1 is 1.26 bits per heavy atom. The molecule has 19 heavy (non-hydrogen) atoms. The molecule has 2 N–H and O–H groups in total. The summed E-state index contributed by atoms with van der Waals surface area (Å²) in [6, 6.07) is 0.254. The highest BCUT2D eigenvalue weighted by Crippen LogP contribution is 2.27. The summed E-state index contributed by atoms with van der Waals surface area (Å²) < 4.78 is 36.8. The van der Waals surface area contributed by atoms with Gasteiger partial charge in [-0.3, -0.25) is 4.79 Å². The smallest absolute Gasteiger partial charge is 0.334 e. The summed E-state index contributed by atoms with van der Waals surface area (Å²) >= 11 is 0. The van der Waals surface area contributed by atoms with Crippen molar-refractivity contribution in [2.24, 2.45) is 11.7 Å². The third kappa shape index (κ3) is 6.27. The van der Waals surface area contributed by atoms with E-state index in [-0.39, 0.29) is 19.0 Å². The van der Waals surface area contributed by atoms with Gasteiger partial charge in [0.05, 0.1) is 0 Å². The van der Waals surface area contributed by atoms with Crippen molar-refractivity contribution in [2.45, 2.75) is 57.7 Å². The van der Waals surface area contributed by atoms with Gasteiger partial charge in [-0.15, -0.1) is 0 Å². The lowest BCUT2D eigenvalue weighted by Crippen LogP contribution is -2.39. The Morgan fingerprint density at radius 3 is 2.32 bits per heavy atom. The molecular formula is C13H23F3N2O. The number of nitrogens with two attached hydrogens (primary N) is 1. The van der Waals surface area contributed by atoms with Crippen LogP contribution in [0.25, 0.3) is 0 Å². The van der Waals surface area contributed by atoms with E-state index in [0.717, 1.165) is 30.6 Å². The van der Waals surface area contributed by atoms with Gasteiger partial charge in [-0.1, -0.05) is 0 Å². The maximum Gasteiger partial charge on any atom is 0.406 e. The van der Waals surface area contributed by atoms with E-state index in [2.05, 4.69) is 0 Å². The molecule has 1 aliphatic carbocycles. The zero-order chi connectivity index (χ0) is 14.5. The minimum Gasteiger partial charge on any atom is -0.334 e. The summed E-state index contributed by atoms with van der Waals surface area (Å²) in [5, 5.41) is 0. The second-order valence-corrected chi connectivity index (χ2v) is 5.34. The first-order chi connectivity index (χ1) is 8.81. The Labute approximate surface area is 112 Å². The molecule has 1 fully saturated rings. The fourth-order valence-electron chi connectivity index (χ4n) is 2.56. The summed E-state index contributed by atoms with van der Waals surface area (Å²) in [6.07, 6.45) is 0.463. The van der Waals surface area contributed by atoms with E-state index in [4.69, 9.17) is 5.73 Å². The van der Waals surface area contributed by atoms with Crippen LogP contribution in [-0.2, 0) is 4.79 Å². The summed E-state index contributed by atoms with van der Waals surface area (Å²) in [4.78, 5) is 12.6. The van der Waals surface area contributed by atoms with Crippen molar-refractivity contribution in [1.29, 1.82) is 0 Å². The third-order valence-electron chi connectivity index (χ3n) is 3.76. The molecule has 0 aromatic rings. The van der Waals surface area contributed by atoms with Gasteiger partial charge < -0.3 is 10.6 Å². The van der Waals surface area contributed by atoms with Crippen LogP contribution >= 0.6 is 0 Å². The lowest BCUT2D eigenvalue weighted by molar-refractivity contribution is -0.161. The molecular weight excluding hydrogens is 257 g/mol. The molecule has 0 aromatic heterocycles. The zero-order valence-electron chi connectivity index (χ0n) is 11.4. The molecule has 0 spiro atoms. The quantitative estimate of drug-likeness (QED) is 0.841. The largest absolute Gasteiger partial charge is 0.406 e. The number of carbonyl (C=O) groups is 1. The number of hydrogen-bond donors (Lipinski definition) is 1. The van der Waals surface area contributed by atoms with Gasteiger partial charge >= 0.3 is 6.18 Å². The minimum absolute atomic E-state index is 0.105. The van der Waals surface area contributed by atoms with Crippen LogP contribution in [0.15, 0.2) is 0 Å². The normalized spacial score (nSPS) is 24.3. The molecule has 0 aromatic carbocycles. The van der Waals surface area contributed by atoms with Crippen LogP contribution in [0.4, 0.5) is 13.2 Å². The SMILES string of the molecule is CCN(CC(F)(F)F)C(=O)CCC1CCC(N)CC1. The highest BCUT2D eigenvalue weighted by molar-refractivity contribution is 5.76. The van der Waals surface area contributed by atoms with E-state index in [0.29, 0.717) is 12.3 Å². The molecule has 0 atom stereocenters. The maximum atomic E-state index is 12.3. The van der Waals surface area contributed by atoms with Crippen molar-refractivity contribution in [2.75, 3.05) is 13.1 Å². The predicted octanol–water partition coefficient (Wildman–Crippen LogP) is 2.69. The zero-order valence-corrected chi connectivity index (χ0v) is 11.4. The first kappa shape index (κ1) is 16.3. The van der Waals surface area contributed by atoms with Gasteiger partial charge in [-0.05, 0) is 44.9 Å². The number of rotatable bonds is 5. The first-order valence-corrected chi connectivity index (χ1v) is 6.92. The van der Waals surface area contributed by atoms with E-state index in [1.807, 2.05) is 0 Å². The Bertz CT molecular complexity index is 286. The van der Waals surface area contributed by atoms with E-state index in [1.54, 1.807) is 6.92 Å². The molecule has 0 radical (unpaired) electrons. The topological polar surface area (TPSA) is 46.3 Å². The van der Waals surface area contributed by atoms with Gasteiger partial charge in [0.1, 0.15) is 6.54 Å². The average molecular weight is 280 g/mol.